The lowest BCUT2D eigenvalue weighted by atomic mass is 10.2. The van der Waals surface area contributed by atoms with Gasteiger partial charge in [0.15, 0.2) is 5.96 Å². The molecule has 0 saturated heterocycles. The minimum absolute atomic E-state index is 0. The zero-order valence-corrected chi connectivity index (χ0v) is 16.9. The molecule has 0 aliphatic carbocycles. The minimum Gasteiger partial charge on any atom is -0.492 e. The summed E-state index contributed by atoms with van der Waals surface area (Å²) < 4.78 is 5.62. The van der Waals surface area contributed by atoms with Crippen molar-refractivity contribution in [2.24, 2.45) is 4.99 Å². The molecule has 140 valence electrons. The maximum atomic E-state index is 10.7. The Bertz CT molecular complexity index is 693. The van der Waals surface area contributed by atoms with Gasteiger partial charge < -0.3 is 15.4 Å². The van der Waals surface area contributed by atoms with E-state index in [1.807, 2.05) is 37.3 Å². The quantitative estimate of drug-likeness (QED) is 0.154. The van der Waals surface area contributed by atoms with Crippen LogP contribution in [0, 0.1) is 10.1 Å². The highest BCUT2D eigenvalue weighted by molar-refractivity contribution is 14.0. The molecule has 0 radical (unpaired) electrons. The lowest BCUT2D eigenvalue weighted by Crippen LogP contribution is -2.39. The molecule has 7 nitrogen and oxygen atoms in total. The number of nitrogens with one attached hydrogen (secondary N) is 2. The topological polar surface area (TPSA) is 88.8 Å². The van der Waals surface area contributed by atoms with Gasteiger partial charge in [-0.2, -0.15) is 0 Å². The number of nitrogens with zero attached hydrogens (tertiary/aromatic N) is 2. The molecule has 2 rings (SSSR count). The molecule has 0 aliphatic rings. The van der Waals surface area contributed by atoms with E-state index in [2.05, 4.69) is 15.6 Å². The van der Waals surface area contributed by atoms with Crippen molar-refractivity contribution in [3.05, 3.63) is 70.3 Å². The number of ether oxygens (including phenoxy) is 1. The van der Waals surface area contributed by atoms with Gasteiger partial charge in [-0.25, -0.2) is 4.99 Å². The third-order valence-electron chi connectivity index (χ3n) is 3.32. The van der Waals surface area contributed by atoms with Crippen LogP contribution in [-0.2, 0) is 6.54 Å². The van der Waals surface area contributed by atoms with E-state index in [9.17, 15) is 10.1 Å². The van der Waals surface area contributed by atoms with Crippen LogP contribution in [0.25, 0.3) is 0 Å². The molecule has 0 saturated carbocycles. The molecule has 0 bridgehead atoms. The first-order valence-electron chi connectivity index (χ1n) is 8.12. The monoisotopic (exact) mass is 470 g/mol. The molecule has 0 fully saturated rings. The number of hydrogen-bond acceptors (Lipinski definition) is 4. The number of rotatable bonds is 8. The first kappa shape index (κ1) is 21.7. The highest BCUT2D eigenvalue weighted by atomic mass is 127. The molecule has 0 aliphatic heterocycles. The van der Waals surface area contributed by atoms with E-state index in [0.29, 0.717) is 25.7 Å². The van der Waals surface area contributed by atoms with Crippen molar-refractivity contribution < 1.29 is 9.66 Å². The van der Waals surface area contributed by atoms with E-state index in [1.54, 1.807) is 12.1 Å². The van der Waals surface area contributed by atoms with E-state index >= 15 is 0 Å². The van der Waals surface area contributed by atoms with Gasteiger partial charge in [-0.05, 0) is 24.6 Å². The van der Waals surface area contributed by atoms with Crippen molar-refractivity contribution in [3.63, 3.8) is 0 Å². The summed E-state index contributed by atoms with van der Waals surface area (Å²) in [6.45, 7) is 4.30. The van der Waals surface area contributed by atoms with E-state index in [0.717, 1.165) is 17.9 Å². The Labute approximate surface area is 170 Å². The van der Waals surface area contributed by atoms with Gasteiger partial charge in [0.1, 0.15) is 12.4 Å². The fourth-order valence-electron chi connectivity index (χ4n) is 2.09. The highest BCUT2D eigenvalue weighted by Crippen LogP contribution is 2.12. The van der Waals surface area contributed by atoms with Crippen LogP contribution in [0.1, 0.15) is 12.5 Å². The maximum Gasteiger partial charge on any atom is 0.269 e. The standard InChI is InChI=1S/C18H22N4O3.HI/c1-2-19-18(20-12-13-25-17-6-4-3-5-7-17)21-14-15-8-10-16(11-9-15)22(23)24;/h3-11H,2,12-14H2,1H3,(H2,19,20,21);1H. The summed E-state index contributed by atoms with van der Waals surface area (Å²) in [6, 6.07) is 16.0. The predicted molar refractivity (Wildman–Crippen MR) is 113 cm³/mol. The van der Waals surface area contributed by atoms with Crippen LogP contribution in [-0.4, -0.2) is 30.6 Å². The van der Waals surface area contributed by atoms with E-state index in [1.165, 1.54) is 12.1 Å². The molecule has 26 heavy (non-hydrogen) atoms. The summed E-state index contributed by atoms with van der Waals surface area (Å²) in [5.41, 5.74) is 0.985. The largest absolute Gasteiger partial charge is 0.492 e. The lowest BCUT2D eigenvalue weighted by molar-refractivity contribution is -0.384. The smallest absolute Gasteiger partial charge is 0.269 e. The average molecular weight is 470 g/mol. The maximum absolute atomic E-state index is 10.7. The van der Waals surface area contributed by atoms with Crippen LogP contribution in [0.2, 0.25) is 0 Å². The van der Waals surface area contributed by atoms with E-state index in [-0.39, 0.29) is 29.7 Å². The van der Waals surface area contributed by atoms with Crippen molar-refractivity contribution in [2.75, 3.05) is 19.7 Å². The number of non-ortho nitro benzene ring substituents is 1. The zero-order valence-electron chi connectivity index (χ0n) is 14.6. The number of guanidine groups is 1. The third-order valence-corrected chi connectivity index (χ3v) is 3.32. The Morgan fingerprint density at radius 2 is 1.81 bits per heavy atom. The van der Waals surface area contributed by atoms with Crippen LogP contribution in [0.15, 0.2) is 59.6 Å². The number of nitro benzene ring substituents is 1. The van der Waals surface area contributed by atoms with Crippen molar-refractivity contribution in [3.8, 4) is 5.75 Å². The van der Waals surface area contributed by atoms with E-state index < -0.39 is 4.92 Å². The summed E-state index contributed by atoms with van der Waals surface area (Å²) in [7, 11) is 0. The fourth-order valence-corrected chi connectivity index (χ4v) is 2.09. The molecule has 0 heterocycles. The Morgan fingerprint density at radius 3 is 2.42 bits per heavy atom. The van der Waals surface area contributed by atoms with Gasteiger partial charge in [-0.1, -0.05) is 30.3 Å². The third kappa shape index (κ3) is 7.68. The Kier molecular flexibility index (Phi) is 10.1. The Hall–Kier alpha value is -2.36. The molecule has 0 unspecified atom stereocenters. The Morgan fingerprint density at radius 1 is 1.12 bits per heavy atom. The van der Waals surface area contributed by atoms with Crippen LogP contribution in [0.4, 0.5) is 5.69 Å². The SMILES string of the molecule is CCNC(=NCc1ccc([N+](=O)[O-])cc1)NCCOc1ccccc1.I. The lowest BCUT2D eigenvalue weighted by Gasteiger charge is -2.12. The molecule has 2 aromatic rings. The first-order chi connectivity index (χ1) is 12.2. The molecule has 2 aromatic carbocycles. The number of halogens is 1. The van der Waals surface area contributed by atoms with Gasteiger partial charge in [0, 0.05) is 18.7 Å². The number of nitro groups is 1. The number of benzene rings is 2. The van der Waals surface area contributed by atoms with Gasteiger partial charge in [0.2, 0.25) is 0 Å². The summed E-state index contributed by atoms with van der Waals surface area (Å²) in [6.07, 6.45) is 0. The van der Waals surface area contributed by atoms with Crippen LogP contribution >= 0.6 is 24.0 Å². The van der Waals surface area contributed by atoms with Crippen molar-refractivity contribution in [1.29, 1.82) is 0 Å². The molecule has 0 atom stereocenters. The Balaban J connectivity index is 0.00000338. The zero-order chi connectivity index (χ0) is 17.9. The molecule has 0 aromatic heterocycles. The van der Waals surface area contributed by atoms with Crippen molar-refractivity contribution >= 4 is 35.6 Å². The van der Waals surface area contributed by atoms with Gasteiger partial charge in [-0.3, -0.25) is 10.1 Å². The molecule has 0 amide bonds. The van der Waals surface area contributed by atoms with Gasteiger partial charge in [0.05, 0.1) is 18.0 Å². The normalized spacial score (nSPS) is 10.6. The molecular weight excluding hydrogens is 447 g/mol. The molecular formula is C18H23IN4O3. The molecule has 2 N–H and O–H groups in total. The predicted octanol–water partition coefficient (Wildman–Crippen LogP) is 3.35. The summed E-state index contributed by atoms with van der Waals surface area (Å²) in [4.78, 5) is 14.7. The van der Waals surface area contributed by atoms with Gasteiger partial charge in [0.25, 0.3) is 5.69 Å². The van der Waals surface area contributed by atoms with Crippen LogP contribution in [0.3, 0.4) is 0 Å². The van der Waals surface area contributed by atoms with Crippen LogP contribution in [0.5, 0.6) is 5.75 Å². The number of aliphatic imine (C=N–C) groups is 1. The summed E-state index contributed by atoms with van der Waals surface area (Å²) >= 11 is 0. The van der Waals surface area contributed by atoms with E-state index in [4.69, 9.17) is 4.74 Å². The second-order valence-electron chi connectivity index (χ2n) is 5.21. The minimum atomic E-state index is -0.411. The van der Waals surface area contributed by atoms with Crippen molar-refractivity contribution in [1.82, 2.24) is 10.6 Å². The first-order valence-corrected chi connectivity index (χ1v) is 8.12. The summed E-state index contributed by atoms with van der Waals surface area (Å²) in [5.74, 6) is 1.51. The highest BCUT2D eigenvalue weighted by Gasteiger charge is 2.04. The van der Waals surface area contributed by atoms with Crippen LogP contribution < -0.4 is 15.4 Å². The number of para-hydroxylation sites is 1. The molecule has 0 spiro atoms. The second kappa shape index (κ2) is 12.1. The van der Waals surface area contributed by atoms with Gasteiger partial charge >= 0.3 is 0 Å². The number of hydrogen-bond donors (Lipinski definition) is 2. The molecule has 8 heteroatoms. The second-order valence-corrected chi connectivity index (χ2v) is 5.21. The fraction of sp³-hybridized carbons (Fsp3) is 0.278. The average Bonchev–Trinajstić information content (AvgIpc) is 2.64. The van der Waals surface area contributed by atoms with Gasteiger partial charge in [-0.15, -0.1) is 24.0 Å². The summed E-state index contributed by atoms with van der Waals surface area (Å²) in [5, 5.41) is 17.0. The van der Waals surface area contributed by atoms with Crippen molar-refractivity contribution in [2.45, 2.75) is 13.5 Å².